The zero-order chi connectivity index (χ0) is 15.2. The van der Waals surface area contributed by atoms with Gasteiger partial charge in [-0.1, -0.05) is 18.2 Å². The van der Waals surface area contributed by atoms with Crippen LogP contribution in [0.15, 0.2) is 47.4 Å². The first-order chi connectivity index (χ1) is 10.0. The quantitative estimate of drug-likeness (QED) is 0.850. The van der Waals surface area contributed by atoms with Gasteiger partial charge >= 0.3 is 0 Å². The second-order valence-electron chi connectivity index (χ2n) is 4.94. The first-order valence-corrected chi connectivity index (χ1v) is 7.74. The number of benzene rings is 2. The van der Waals surface area contributed by atoms with E-state index >= 15 is 0 Å². The first kappa shape index (κ1) is 15.6. The van der Waals surface area contributed by atoms with Gasteiger partial charge in [-0.25, -0.2) is 4.39 Å². The number of halogens is 1. The number of carbonyl (C=O) groups excluding carboxylic acids is 1. The number of thioether (sulfide) groups is 1. The van der Waals surface area contributed by atoms with Gasteiger partial charge in [-0.15, -0.1) is 11.8 Å². The highest BCUT2D eigenvalue weighted by atomic mass is 32.2. The molecule has 0 heterocycles. The van der Waals surface area contributed by atoms with E-state index in [1.54, 1.807) is 12.1 Å². The molecule has 0 aliphatic rings. The number of rotatable bonds is 5. The van der Waals surface area contributed by atoms with Crippen LogP contribution >= 0.6 is 11.8 Å². The van der Waals surface area contributed by atoms with Crippen LogP contribution in [0.25, 0.3) is 0 Å². The molecule has 0 saturated heterocycles. The van der Waals surface area contributed by atoms with Crippen molar-refractivity contribution < 1.29 is 9.18 Å². The van der Waals surface area contributed by atoms with E-state index in [4.69, 9.17) is 0 Å². The fourth-order valence-electron chi connectivity index (χ4n) is 1.81. The van der Waals surface area contributed by atoms with Crippen LogP contribution in [0.4, 0.5) is 4.39 Å². The van der Waals surface area contributed by atoms with Gasteiger partial charge in [0.15, 0.2) is 0 Å². The second-order valence-corrected chi connectivity index (χ2v) is 5.99. The van der Waals surface area contributed by atoms with E-state index in [9.17, 15) is 9.18 Å². The van der Waals surface area contributed by atoms with Crippen molar-refractivity contribution in [3.8, 4) is 0 Å². The maximum atomic E-state index is 12.8. The Balaban J connectivity index is 1.79. The van der Waals surface area contributed by atoms with Gasteiger partial charge in [0.05, 0.1) is 5.75 Å². The third-order valence-electron chi connectivity index (χ3n) is 3.25. The Labute approximate surface area is 128 Å². The lowest BCUT2D eigenvalue weighted by Gasteiger charge is -2.07. The van der Waals surface area contributed by atoms with Crippen molar-refractivity contribution in [1.82, 2.24) is 5.32 Å². The van der Waals surface area contributed by atoms with E-state index in [0.717, 1.165) is 10.5 Å². The number of hydrogen-bond acceptors (Lipinski definition) is 2. The van der Waals surface area contributed by atoms with E-state index in [1.165, 1.54) is 35.0 Å². The molecule has 4 heteroatoms. The van der Waals surface area contributed by atoms with Crippen molar-refractivity contribution in [2.75, 3.05) is 5.75 Å². The standard InChI is InChI=1S/C17H18FNOS/c1-12-3-8-16(9-13(12)2)21-11-17(20)19-10-14-4-6-15(18)7-5-14/h3-9H,10-11H2,1-2H3,(H,19,20). The summed E-state index contributed by atoms with van der Waals surface area (Å²) in [4.78, 5) is 12.9. The minimum Gasteiger partial charge on any atom is -0.351 e. The number of amides is 1. The topological polar surface area (TPSA) is 29.1 Å². The molecule has 0 unspecified atom stereocenters. The largest absolute Gasteiger partial charge is 0.351 e. The summed E-state index contributed by atoms with van der Waals surface area (Å²) >= 11 is 1.52. The van der Waals surface area contributed by atoms with Crippen molar-refractivity contribution in [2.24, 2.45) is 0 Å². The molecule has 0 aliphatic carbocycles. The SMILES string of the molecule is Cc1ccc(SCC(=O)NCc2ccc(F)cc2)cc1C. The van der Waals surface area contributed by atoms with Gasteiger partial charge in [0.1, 0.15) is 5.82 Å². The van der Waals surface area contributed by atoms with Crippen LogP contribution in [0.5, 0.6) is 0 Å². The summed E-state index contributed by atoms with van der Waals surface area (Å²) in [6.45, 7) is 4.56. The molecular weight excluding hydrogens is 285 g/mol. The summed E-state index contributed by atoms with van der Waals surface area (Å²) in [6.07, 6.45) is 0. The molecule has 0 aromatic heterocycles. The highest BCUT2D eigenvalue weighted by Gasteiger charge is 2.04. The molecule has 0 fully saturated rings. The van der Waals surface area contributed by atoms with Gasteiger partial charge in [-0.3, -0.25) is 4.79 Å². The zero-order valence-corrected chi connectivity index (χ0v) is 13.0. The van der Waals surface area contributed by atoms with E-state index in [-0.39, 0.29) is 11.7 Å². The minimum absolute atomic E-state index is 0.0254. The van der Waals surface area contributed by atoms with E-state index in [0.29, 0.717) is 12.3 Å². The molecule has 2 rings (SSSR count). The highest BCUT2D eigenvalue weighted by Crippen LogP contribution is 2.20. The minimum atomic E-state index is -0.268. The van der Waals surface area contributed by atoms with Crippen molar-refractivity contribution in [3.05, 3.63) is 65.0 Å². The predicted molar refractivity (Wildman–Crippen MR) is 84.9 cm³/mol. The molecular formula is C17H18FNOS. The molecule has 0 radical (unpaired) electrons. The van der Waals surface area contributed by atoms with Crippen LogP contribution in [-0.2, 0) is 11.3 Å². The third kappa shape index (κ3) is 4.90. The van der Waals surface area contributed by atoms with Gasteiger partial charge in [0.25, 0.3) is 0 Å². The Morgan fingerprint density at radius 1 is 1.10 bits per heavy atom. The van der Waals surface area contributed by atoms with Gasteiger partial charge < -0.3 is 5.32 Å². The Morgan fingerprint density at radius 2 is 1.81 bits per heavy atom. The van der Waals surface area contributed by atoms with Crippen LogP contribution < -0.4 is 5.32 Å². The van der Waals surface area contributed by atoms with Gasteiger partial charge in [-0.2, -0.15) is 0 Å². The summed E-state index contributed by atoms with van der Waals surface area (Å²) in [7, 11) is 0. The average Bonchev–Trinajstić information content (AvgIpc) is 2.48. The van der Waals surface area contributed by atoms with Gasteiger partial charge in [0, 0.05) is 11.4 Å². The van der Waals surface area contributed by atoms with Crippen molar-refractivity contribution >= 4 is 17.7 Å². The summed E-state index contributed by atoms with van der Waals surface area (Å²) in [5.41, 5.74) is 3.37. The Morgan fingerprint density at radius 3 is 2.48 bits per heavy atom. The molecule has 0 atom stereocenters. The van der Waals surface area contributed by atoms with E-state index in [2.05, 4.69) is 31.3 Å². The molecule has 2 aromatic carbocycles. The van der Waals surface area contributed by atoms with Crippen LogP contribution in [0.1, 0.15) is 16.7 Å². The molecule has 1 amide bonds. The molecule has 0 bridgehead atoms. The summed E-state index contributed by atoms with van der Waals surface area (Å²) in [6, 6.07) is 12.3. The molecule has 1 N–H and O–H groups in total. The summed E-state index contributed by atoms with van der Waals surface area (Å²) in [5, 5.41) is 2.83. The van der Waals surface area contributed by atoms with Gasteiger partial charge in [0.2, 0.25) is 5.91 Å². The van der Waals surface area contributed by atoms with Gasteiger partial charge in [-0.05, 0) is 54.8 Å². The normalized spacial score (nSPS) is 10.4. The fourth-order valence-corrected chi connectivity index (χ4v) is 2.63. The Hall–Kier alpha value is -1.81. The molecule has 0 spiro atoms. The van der Waals surface area contributed by atoms with E-state index < -0.39 is 0 Å². The van der Waals surface area contributed by atoms with Crippen LogP contribution in [0, 0.1) is 19.7 Å². The second kappa shape index (κ2) is 7.27. The number of carbonyl (C=O) groups is 1. The highest BCUT2D eigenvalue weighted by molar-refractivity contribution is 8.00. The first-order valence-electron chi connectivity index (χ1n) is 6.76. The summed E-state index contributed by atoms with van der Waals surface area (Å²) in [5.74, 6) is 0.0851. The molecule has 0 aliphatic heterocycles. The maximum absolute atomic E-state index is 12.8. The van der Waals surface area contributed by atoms with Crippen molar-refractivity contribution in [2.45, 2.75) is 25.3 Å². The lowest BCUT2D eigenvalue weighted by molar-refractivity contribution is -0.118. The lowest BCUT2D eigenvalue weighted by Crippen LogP contribution is -2.24. The van der Waals surface area contributed by atoms with Crippen molar-refractivity contribution in [3.63, 3.8) is 0 Å². The number of hydrogen-bond donors (Lipinski definition) is 1. The van der Waals surface area contributed by atoms with Crippen molar-refractivity contribution in [1.29, 1.82) is 0 Å². The van der Waals surface area contributed by atoms with E-state index in [1.807, 2.05) is 6.07 Å². The number of nitrogens with one attached hydrogen (secondary N) is 1. The number of aryl methyl sites for hydroxylation is 2. The third-order valence-corrected chi connectivity index (χ3v) is 4.25. The summed E-state index contributed by atoms with van der Waals surface area (Å²) < 4.78 is 12.8. The Bertz CT molecular complexity index is 625. The molecule has 0 saturated carbocycles. The molecule has 110 valence electrons. The monoisotopic (exact) mass is 303 g/mol. The fraction of sp³-hybridized carbons (Fsp3) is 0.235. The smallest absolute Gasteiger partial charge is 0.230 e. The Kier molecular flexibility index (Phi) is 5.39. The van der Waals surface area contributed by atoms with Crippen LogP contribution in [0.3, 0.4) is 0 Å². The molecule has 21 heavy (non-hydrogen) atoms. The van der Waals surface area contributed by atoms with Crippen LogP contribution in [-0.4, -0.2) is 11.7 Å². The zero-order valence-electron chi connectivity index (χ0n) is 12.2. The van der Waals surface area contributed by atoms with Crippen LogP contribution in [0.2, 0.25) is 0 Å². The maximum Gasteiger partial charge on any atom is 0.230 e. The molecule has 2 aromatic rings. The molecule has 2 nitrogen and oxygen atoms in total. The lowest BCUT2D eigenvalue weighted by atomic mass is 10.1. The predicted octanol–water partition coefficient (Wildman–Crippen LogP) is 3.85. The average molecular weight is 303 g/mol.